The van der Waals surface area contributed by atoms with Gasteiger partial charge in [-0.2, -0.15) is 0 Å². The predicted molar refractivity (Wildman–Crippen MR) is 129 cm³/mol. The normalized spacial score (nSPS) is 29.1. The van der Waals surface area contributed by atoms with Crippen LogP contribution < -0.4 is 4.74 Å². The number of amides is 1. The van der Waals surface area contributed by atoms with E-state index >= 15 is 0 Å². The fourth-order valence-corrected chi connectivity index (χ4v) is 6.33. The van der Waals surface area contributed by atoms with Crippen LogP contribution >= 0.6 is 0 Å². The molecule has 2 bridgehead atoms. The van der Waals surface area contributed by atoms with Gasteiger partial charge in [-0.1, -0.05) is 19.1 Å². The third-order valence-corrected chi connectivity index (χ3v) is 8.29. The lowest BCUT2D eigenvalue weighted by atomic mass is 9.78. The second-order valence-corrected chi connectivity index (χ2v) is 10.6. The Labute approximate surface area is 200 Å². The van der Waals surface area contributed by atoms with Gasteiger partial charge in [0.15, 0.2) is 0 Å². The second-order valence-electron chi connectivity index (χ2n) is 10.6. The van der Waals surface area contributed by atoms with Crippen molar-refractivity contribution in [2.24, 2.45) is 11.8 Å². The number of fused-ring (bicyclic) bond motifs is 3. The highest BCUT2D eigenvalue weighted by Crippen LogP contribution is 2.39. The fourth-order valence-electron chi connectivity index (χ4n) is 6.33. The van der Waals surface area contributed by atoms with Gasteiger partial charge in [-0.15, -0.1) is 0 Å². The number of aliphatic carboxylic acids is 1. The molecule has 5 rings (SSSR count). The predicted octanol–water partition coefficient (Wildman–Crippen LogP) is 6.12. The number of benzene rings is 2. The molecule has 2 atom stereocenters. The molecule has 2 aromatic carbocycles. The van der Waals surface area contributed by atoms with Crippen LogP contribution in [-0.2, 0) is 11.5 Å². The van der Waals surface area contributed by atoms with E-state index in [4.69, 9.17) is 4.74 Å². The summed E-state index contributed by atoms with van der Waals surface area (Å²) in [5, 5.41) is 11.1. The summed E-state index contributed by atoms with van der Waals surface area (Å²) in [6.07, 6.45) is 8.07. The molecule has 5 nitrogen and oxygen atoms in total. The van der Waals surface area contributed by atoms with Crippen LogP contribution in [0.25, 0.3) is 10.8 Å². The number of halogens is 1. The summed E-state index contributed by atoms with van der Waals surface area (Å²) < 4.78 is 20.5. The molecule has 1 saturated carbocycles. The first kappa shape index (κ1) is 23.1. The summed E-state index contributed by atoms with van der Waals surface area (Å²) in [4.78, 5) is 27.1. The highest BCUT2D eigenvalue weighted by atomic mass is 19.1. The third-order valence-electron chi connectivity index (χ3n) is 8.29. The van der Waals surface area contributed by atoms with Crippen molar-refractivity contribution in [1.29, 1.82) is 0 Å². The van der Waals surface area contributed by atoms with Crippen molar-refractivity contribution in [1.82, 2.24) is 4.90 Å². The number of ether oxygens (including phenoxy) is 1. The first-order chi connectivity index (χ1) is 16.4. The molecule has 2 aromatic rings. The summed E-state index contributed by atoms with van der Waals surface area (Å²) >= 11 is 0. The fraction of sp³-hybridized carbons (Fsp3) is 0.571. The average Bonchev–Trinajstić information content (AvgIpc) is 2.83. The van der Waals surface area contributed by atoms with E-state index in [1.165, 1.54) is 0 Å². The molecule has 34 heavy (non-hydrogen) atoms. The Kier molecular flexibility index (Phi) is 6.50. The molecular weight excluding hydrogens is 433 g/mol. The van der Waals surface area contributed by atoms with Gasteiger partial charge in [-0.25, -0.2) is 4.39 Å². The number of carbonyl (C=O) groups excluding carboxylic acids is 1. The number of nitrogens with zero attached hydrogens (tertiary/aromatic N) is 1. The topological polar surface area (TPSA) is 66.8 Å². The van der Waals surface area contributed by atoms with Crippen molar-refractivity contribution >= 4 is 22.6 Å². The largest absolute Gasteiger partial charge is 0.490 e. The summed E-state index contributed by atoms with van der Waals surface area (Å²) in [7, 11) is 0. The monoisotopic (exact) mass is 467 g/mol. The number of piperidine rings is 2. The zero-order valence-corrected chi connectivity index (χ0v) is 19.8. The van der Waals surface area contributed by atoms with Crippen LogP contribution in [0.4, 0.5) is 4.39 Å². The first-order valence-corrected chi connectivity index (χ1v) is 12.8. The SMILES string of the molecule is CC1CCC(Oc2ccc3ccc(C(=O)N4C5CCCC4CC(C(=O)O)C5)cc3c2CF)CC1. The van der Waals surface area contributed by atoms with Crippen LogP contribution in [0.5, 0.6) is 5.75 Å². The Morgan fingerprint density at radius 1 is 1.03 bits per heavy atom. The number of carboxylic acids is 1. The van der Waals surface area contributed by atoms with Crippen LogP contribution in [0, 0.1) is 11.8 Å². The van der Waals surface area contributed by atoms with Gasteiger partial charge in [0.2, 0.25) is 0 Å². The maximum absolute atomic E-state index is 14.3. The molecule has 2 heterocycles. The lowest BCUT2D eigenvalue weighted by molar-refractivity contribution is -0.145. The van der Waals surface area contributed by atoms with E-state index < -0.39 is 12.6 Å². The van der Waals surface area contributed by atoms with Crippen molar-refractivity contribution in [2.75, 3.05) is 0 Å². The summed E-state index contributed by atoms with van der Waals surface area (Å²) in [6, 6.07) is 9.22. The quantitative estimate of drug-likeness (QED) is 0.575. The molecule has 182 valence electrons. The first-order valence-electron chi connectivity index (χ1n) is 12.8. The van der Waals surface area contributed by atoms with Crippen LogP contribution in [0.15, 0.2) is 30.3 Å². The Balaban J connectivity index is 1.43. The van der Waals surface area contributed by atoms with Gasteiger partial charge in [0.1, 0.15) is 12.4 Å². The highest BCUT2D eigenvalue weighted by Gasteiger charge is 2.43. The lowest BCUT2D eigenvalue weighted by Crippen LogP contribution is -2.55. The van der Waals surface area contributed by atoms with Gasteiger partial charge in [0.05, 0.1) is 12.0 Å². The molecule has 3 aliphatic rings. The van der Waals surface area contributed by atoms with Gasteiger partial charge >= 0.3 is 5.97 Å². The molecule has 0 aromatic heterocycles. The van der Waals surface area contributed by atoms with Gasteiger partial charge in [-0.3, -0.25) is 9.59 Å². The second kappa shape index (κ2) is 9.55. The van der Waals surface area contributed by atoms with Crippen LogP contribution in [0.1, 0.15) is 80.6 Å². The summed E-state index contributed by atoms with van der Waals surface area (Å²) in [6.45, 7) is 1.61. The van der Waals surface area contributed by atoms with E-state index in [0.29, 0.717) is 35.6 Å². The van der Waals surface area contributed by atoms with E-state index in [-0.39, 0.29) is 30.0 Å². The van der Waals surface area contributed by atoms with Crippen LogP contribution in [0.3, 0.4) is 0 Å². The maximum Gasteiger partial charge on any atom is 0.306 e. The number of hydrogen-bond acceptors (Lipinski definition) is 3. The number of hydrogen-bond donors (Lipinski definition) is 1. The molecule has 1 amide bonds. The number of carbonyl (C=O) groups is 2. The lowest BCUT2D eigenvalue weighted by Gasteiger charge is -2.48. The Morgan fingerprint density at radius 3 is 2.35 bits per heavy atom. The van der Waals surface area contributed by atoms with E-state index in [0.717, 1.165) is 55.7 Å². The van der Waals surface area contributed by atoms with Crippen LogP contribution in [0.2, 0.25) is 0 Å². The number of rotatable bonds is 5. The number of carboxylic acid groups (broad SMARTS) is 1. The number of alkyl halides is 1. The Hall–Kier alpha value is -2.63. The molecule has 2 aliphatic heterocycles. The minimum Gasteiger partial charge on any atom is -0.490 e. The van der Waals surface area contributed by atoms with Crippen molar-refractivity contribution in [3.8, 4) is 5.75 Å². The summed E-state index contributed by atoms with van der Waals surface area (Å²) in [5.41, 5.74) is 1.05. The van der Waals surface area contributed by atoms with Crippen molar-refractivity contribution in [3.05, 3.63) is 41.5 Å². The van der Waals surface area contributed by atoms with Crippen molar-refractivity contribution < 1.29 is 23.8 Å². The molecular formula is C28H34FNO4. The van der Waals surface area contributed by atoms with Crippen molar-refractivity contribution in [2.45, 2.75) is 89.6 Å². The molecule has 0 spiro atoms. The zero-order chi connectivity index (χ0) is 23.8. The van der Waals surface area contributed by atoms with Gasteiger partial charge in [0, 0.05) is 23.2 Å². The zero-order valence-electron chi connectivity index (χ0n) is 19.8. The summed E-state index contributed by atoms with van der Waals surface area (Å²) in [5.74, 6) is 0.0840. The highest BCUT2D eigenvalue weighted by molar-refractivity contribution is 6.00. The third kappa shape index (κ3) is 4.39. The van der Waals surface area contributed by atoms with Gasteiger partial charge in [-0.05, 0) is 92.7 Å². The standard InChI is InChI=1S/C28H34FNO4/c1-17-5-10-23(11-6-17)34-26-12-9-18-7-8-19(15-24(18)25(26)16-29)27(31)30-21-3-2-4-22(30)14-20(13-21)28(32)33/h7-9,12,15,17,20-23H,2-6,10-11,13-14,16H2,1H3,(H,32,33). The van der Waals surface area contributed by atoms with E-state index in [2.05, 4.69) is 6.92 Å². The van der Waals surface area contributed by atoms with E-state index in [9.17, 15) is 19.1 Å². The Bertz CT molecular complexity index is 1060. The smallest absolute Gasteiger partial charge is 0.306 e. The molecule has 1 aliphatic carbocycles. The van der Waals surface area contributed by atoms with Gasteiger partial charge < -0.3 is 14.7 Å². The van der Waals surface area contributed by atoms with Crippen molar-refractivity contribution in [3.63, 3.8) is 0 Å². The minimum absolute atomic E-state index is 0.0409. The molecule has 3 fully saturated rings. The Morgan fingerprint density at radius 2 is 1.71 bits per heavy atom. The molecule has 2 unspecified atom stereocenters. The average molecular weight is 468 g/mol. The maximum atomic E-state index is 14.3. The minimum atomic E-state index is -0.762. The molecule has 6 heteroatoms. The van der Waals surface area contributed by atoms with Crippen LogP contribution in [-0.4, -0.2) is 40.1 Å². The van der Waals surface area contributed by atoms with Gasteiger partial charge in [0.25, 0.3) is 5.91 Å². The van der Waals surface area contributed by atoms with E-state index in [1.54, 1.807) is 6.07 Å². The molecule has 1 N–H and O–H groups in total. The molecule has 2 saturated heterocycles. The van der Waals surface area contributed by atoms with E-state index in [1.807, 2.05) is 29.2 Å². The molecule has 0 radical (unpaired) electrons.